The Balaban J connectivity index is 1.28. The first-order valence-electron chi connectivity index (χ1n) is 10.8. The van der Waals surface area contributed by atoms with E-state index in [2.05, 4.69) is 17.4 Å². The van der Waals surface area contributed by atoms with Crippen LogP contribution >= 0.6 is 11.6 Å². The second kappa shape index (κ2) is 10.3. The Bertz CT molecular complexity index is 1170. The van der Waals surface area contributed by atoms with Gasteiger partial charge in [0.05, 0.1) is 16.7 Å². The van der Waals surface area contributed by atoms with Gasteiger partial charge in [-0.05, 0) is 46.4 Å². The number of aliphatic hydroxyl groups is 2. The molecule has 1 amide bonds. The second-order valence-electron chi connectivity index (χ2n) is 8.10. The molecule has 8 heteroatoms. The molecule has 2 atom stereocenters. The smallest absolute Gasteiger partial charge is 0.407 e. The number of amides is 1. The Hall–Kier alpha value is -3.39. The number of hydrogen-bond acceptors (Lipinski definition) is 5. The number of benzene rings is 3. The number of carbonyl (C=O) groups is 2. The summed E-state index contributed by atoms with van der Waals surface area (Å²) in [6.07, 6.45) is -3.04. The number of aliphatic hydroxyl groups excluding tert-OH is 2. The van der Waals surface area contributed by atoms with Crippen LogP contribution in [-0.4, -0.2) is 46.6 Å². The van der Waals surface area contributed by atoms with Crippen molar-refractivity contribution in [1.29, 1.82) is 0 Å². The van der Waals surface area contributed by atoms with Crippen molar-refractivity contribution in [2.24, 2.45) is 0 Å². The summed E-state index contributed by atoms with van der Waals surface area (Å²) in [6, 6.07) is 20.1. The van der Waals surface area contributed by atoms with Gasteiger partial charge >= 0.3 is 12.1 Å². The number of rotatable bonds is 8. The van der Waals surface area contributed by atoms with Crippen LogP contribution in [0.25, 0.3) is 11.1 Å². The maximum atomic E-state index is 12.2. The van der Waals surface area contributed by atoms with Crippen LogP contribution < -0.4 is 5.32 Å². The van der Waals surface area contributed by atoms with Crippen LogP contribution in [0.4, 0.5) is 4.79 Å². The van der Waals surface area contributed by atoms with E-state index in [1.54, 1.807) is 0 Å². The van der Waals surface area contributed by atoms with E-state index in [9.17, 15) is 19.8 Å². The van der Waals surface area contributed by atoms with E-state index in [0.29, 0.717) is 0 Å². The Morgan fingerprint density at radius 2 is 1.59 bits per heavy atom. The van der Waals surface area contributed by atoms with Crippen LogP contribution in [0.15, 0.2) is 66.7 Å². The molecule has 1 aliphatic carbocycles. The standard InChI is InChI=1S/C26H24ClNO6/c27-22-13-15(9-10-20(22)25(31)32)24(30)23(29)11-12-28-26(33)34-14-21-18-7-3-1-5-16(18)17-6-2-4-8-19(17)21/h1-10,13,21,23-24,29-30H,11-12,14H2,(H,28,33)(H,31,32). The molecule has 0 spiro atoms. The first-order valence-corrected chi connectivity index (χ1v) is 11.2. The van der Waals surface area contributed by atoms with Gasteiger partial charge in [-0.2, -0.15) is 0 Å². The van der Waals surface area contributed by atoms with E-state index in [-0.39, 0.29) is 41.6 Å². The number of carbonyl (C=O) groups excluding carboxylic acids is 1. The highest BCUT2D eigenvalue weighted by molar-refractivity contribution is 6.33. The monoisotopic (exact) mass is 481 g/mol. The third-order valence-electron chi connectivity index (χ3n) is 5.98. The third-order valence-corrected chi connectivity index (χ3v) is 6.30. The van der Waals surface area contributed by atoms with Gasteiger partial charge in [-0.1, -0.05) is 66.2 Å². The zero-order valence-corrected chi connectivity index (χ0v) is 18.9. The van der Waals surface area contributed by atoms with Gasteiger partial charge in [-0.3, -0.25) is 0 Å². The summed E-state index contributed by atoms with van der Waals surface area (Å²) in [5, 5.41) is 32.2. The zero-order valence-electron chi connectivity index (χ0n) is 18.1. The molecule has 0 radical (unpaired) electrons. The number of fused-ring (bicyclic) bond motifs is 3. The predicted octanol–water partition coefficient (Wildman–Crippen LogP) is 4.36. The molecule has 0 fully saturated rings. The van der Waals surface area contributed by atoms with Crippen molar-refractivity contribution in [3.63, 3.8) is 0 Å². The molecule has 0 heterocycles. The van der Waals surface area contributed by atoms with Crippen molar-refractivity contribution in [2.75, 3.05) is 13.2 Å². The number of nitrogens with one attached hydrogen (secondary N) is 1. The number of alkyl carbamates (subject to hydrolysis) is 1. The Kier molecular flexibility index (Phi) is 7.17. The summed E-state index contributed by atoms with van der Waals surface area (Å²) < 4.78 is 5.45. The summed E-state index contributed by atoms with van der Waals surface area (Å²) in [5.41, 5.74) is 4.69. The van der Waals surface area contributed by atoms with Gasteiger partial charge < -0.3 is 25.4 Å². The van der Waals surface area contributed by atoms with E-state index in [0.717, 1.165) is 22.3 Å². The van der Waals surface area contributed by atoms with Crippen molar-refractivity contribution >= 4 is 23.7 Å². The normalized spacial score (nSPS) is 14.1. The number of hydrogen-bond donors (Lipinski definition) is 4. The van der Waals surface area contributed by atoms with Gasteiger partial charge in [0.1, 0.15) is 12.7 Å². The average molecular weight is 482 g/mol. The largest absolute Gasteiger partial charge is 0.478 e. The highest BCUT2D eigenvalue weighted by Gasteiger charge is 2.29. The lowest BCUT2D eigenvalue weighted by Crippen LogP contribution is -2.30. The Labute approximate surface area is 201 Å². The molecule has 1 aliphatic rings. The van der Waals surface area contributed by atoms with Crippen LogP contribution in [-0.2, 0) is 4.74 Å². The van der Waals surface area contributed by atoms with E-state index < -0.39 is 24.3 Å². The van der Waals surface area contributed by atoms with Gasteiger partial charge in [0.25, 0.3) is 0 Å². The Morgan fingerprint density at radius 3 is 2.18 bits per heavy atom. The fourth-order valence-electron chi connectivity index (χ4n) is 4.24. The molecule has 0 aromatic heterocycles. The average Bonchev–Trinajstić information content (AvgIpc) is 3.15. The summed E-state index contributed by atoms with van der Waals surface area (Å²) in [4.78, 5) is 23.3. The van der Waals surface area contributed by atoms with E-state index in [1.807, 2.05) is 36.4 Å². The zero-order chi connectivity index (χ0) is 24.2. The van der Waals surface area contributed by atoms with Crippen molar-refractivity contribution in [3.05, 3.63) is 94.0 Å². The van der Waals surface area contributed by atoms with E-state index in [1.165, 1.54) is 18.2 Å². The van der Waals surface area contributed by atoms with Gasteiger partial charge in [0, 0.05) is 12.5 Å². The van der Waals surface area contributed by atoms with E-state index >= 15 is 0 Å². The summed E-state index contributed by atoms with van der Waals surface area (Å²) in [6.45, 7) is 0.259. The first kappa shape index (κ1) is 23.8. The molecule has 0 aliphatic heterocycles. The first-order chi connectivity index (χ1) is 16.4. The molecule has 0 saturated carbocycles. The van der Waals surface area contributed by atoms with Crippen LogP contribution in [0.2, 0.25) is 5.02 Å². The fourth-order valence-corrected chi connectivity index (χ4v) is 4.51. The maximum Gasteiger partial charge on any atom is 0.407 e. The van der Waals surface area contributed by atoms with Crippen LogP contribution in [0.5, 0.6) is 0 Å². The minimum absolute atomic E-state index is 0.0342. The predicted molar refractivity (Wildman–Crippen MR) is 127 cm³/mol. The summed E-state index contributed by atoms with van der Waals surface area (Å²) in [7, 11) is 0. The van der Waals surface area contributed by atoms with Gasteiger partial charge in [0.15, 0.2) is 0 Å². The van der Waals surface area contributed by atoms with Crippen molar-refractivity contribution < 1.29 is 29.6 Å². The number of halogens is 1. The molecule has 176 valence electrons. The molecular formula is C26H24ClNO6. The van der Waals surface area contributed by atoms with Crippen molar-refractivity contribution in [1.82, 2.24) is 5.32 Å². The topological polar surface area (TPSA) is 116 Å². The minimum atomic E-state index is -1.29. The van der Waals surface area contributed by atoms with Crippen molar-refractivity contribution in [2.45, 2.75) is 24.5 Å². The minimum Gasteiger partial charge on any atom is -0.478 e. The molecule has 2 unspecified atom stereocenters. The lowest BCUT2D eigenvalue weighted by atomic mass is 9.98. The molecule has 7 nitrogen and oxygen atoms in total. The third kappa shape index (κ3) is 4.92. The summed E-state index contributed by atoms with van der Waals surface area (Å²) in [5.74, 6) is -1.23. The van der Waals surface area contributed by atoms with Crippen LogP contribution in [0.3, 0.4) is 0 Å². The number of ether oxygens (including phenoxy) is 1. The van der Waals surface area contributed by atoms with Gasteiger partial charge in [-0.15, -0.1) is 0 Å². The molecule has 4 rings (SSSR count). The highest BCUT2D eigenvalue weighted by atomic mass is 35.5. The molecular weight excluding hydrogens is 458 g/mol. The molecule has 0 bridgehead atoms. The quantitative estimate of drug-likeness (QED) is 0.380. The van der Waals surface area contributed by atoms with Gasteiger partial charge in [-0.25, -0.2) is 9.59 Å². The van der Waals surface area contributed by atoms with Gasteiger partial charge in [0.2, 0.25) is 0 Å². The van der Waals surface area contributed by atoms with E-state index in [4.69, 9.17) is 21.4 Å². The molecule has 34 heavy (non-hydrogen) atoms. The number of carboxylic acid groups (broad SMARTS) is 1. The Morgan fingerprint density at radius 1 is 0.971 bits per heavy atom. The number of carboxylic acids is 1. The molecule has 0 saturated heterocycles. The molecule has 4 N–H and O–H groups in total. The summed E-state index contributed by atoms with van der Waals surface area (Å²) >= 11 is 5.92. The number of aromatic carboxylic acids is 1. The second-order valence-corrected chi connectivity index (χ2v) is 8.50. The molecule has 3 aromatic carbocycles. The lowest BCUT2D eigenvalue weighted by Gasteiger charge is -2.19. The molecule has 3 aromatic rings. The highest BCUT2D eigenvalue weighted by Crippen LogP contribution is 2.44. The van der Waals surface area contributed by atoms with Crippen LogP contribution in [0.1, 0.15) is 45.5 Å². The SMILES string of the molecule is O=C(NCCC(O)C(O)c1ccc(C(=O)O)c(Cl)c1)OCC1c2ccccc2-c2ccccc21. The lowest BCUT2D eigenvalue weighted by molar-refractivity contribution is 0.0136. The maximum absolute atomic E-state index is 12.2. The van der Waals surface area contributed by atoms with Crippen molar-refractivity contribution in [3.8, 4) is 11.1 Å². The fraction of sp³-hybridized carbons (Fsp3) is 0.231. The van der Waals surface area contributed by atoms with Crippen LogP contribution in [0, 0.1) is 0 Å².